The molecule has 7 unspecified atom stereocenters. The summed E-state index contributed by atoms with van der Waals surface area (Å²) >= 11 is 4.75. The molecule has 20 heteroatoms. The van der Waals surface area contributed by atoms with Crippen molar-refractivity contribution in [1.29, 1.82) is 0 Å². The summed E-state index contributed by atoms with van der Waals surface area (Å²) in [6.45, 7) is -1.65. The lowest BCUT2D eigenvalue weighted by molar-refractivity contribution is -0.179. The number of carbonyl (C=O) groups excluding carboxylic acids is 5. The number of halogens is 4. The Morgan fingerprint density at radius 2 is 1.90 bits per heavy atom. The molecule has 1 aromatic heterocycles. The zero-order valence-electron chi connectivity index (χ0n) is 23.9. The van der Waals surface area contributed by atoms with E-state index in [1.54, 1.807) is 45.2 Å². The Bertz CT molecular complexity index is 1790. The van der Waals surface area contributed by atoms with Crippen LogP contribution in [0.25, 0.3) is 0 Å². The normalized spacial score (nSPS) is 29.0. The fourth-order valence-corrected chi connectivity index (χ4v) is 9.60. The van der Waals surface area contributed by atoms with E-state index in [-0.39, 0.29) is 16.6 Å². The minimum absolute atomic E-state index is 0.0432. The monoisotopic (exact) mass is 937 g/mol. The topological polar surface area (TPSA) is 198 Å². The van der Waals surface area contributed by atoms with Crippen LogP contribution in [0, 0.1) is 30.8 Å². The van der Waals surface area contributed by atoms with E-state index in [9.17, 15) is 45.7 Å². The molecule has 2 aromatic rings. The standard InChI is InChI=1S/C28H22F2I2O14S2/c29-28(30,48(38,39)40)10-42-22(33)14-6-11(31)7-15(32)19(14)43-25(36)26(37)45-21-13-8-12-17(23(34)44-20(12)21)18(13)24(35)46-27(3-4-41-9-27)16-2-1-5-47-16/h1-2,5-7,12-13,17-18,20-21H,3-4,8-10H2,(H,38,39,40)/p-1. The van der Waals surface area contributed by atoms with Crippen molar-refractivity contribution in [2.24, 2.45) is 23.7 Å². The average molecular weight is 937 g/mol. The predicted octanol–water partition coefficient (Wildman–Crippen LogP) is 2.74. The Balaban J connectivity index is 1.17. The van der Waals surface area contributed by atoms with E-state index >= 15 is 0 Å². The minimum atomic E-state index is -6.16. The molecule has 2 bridgehead atoms. The Morgan fingerprint density at radius 3 is 2.54 bits per heavy atom. The Kier molecular flexibility index (Phi) is 9.54. The maximum Gasteiger partial charge on any atom is 0.422 e. The van der Waals surface area contributed by atoms with E-state index in [1.807, 2.05) is 17.5 Å². The molecule has 2 saturated heterocycles. The van der Waals surface area contributed by atoms with Crippen molar-refractivity contribution in [3.05, 3.63) is 47.2 Å². The van der Waals surface area contributed by atoms with E-state index in [4.69, 9.17) is 23.7 Å². The maximum absolute atomic E-state index is 13.7. The molecule has 2 saturated carbocycles. The highest BCUT2D eigenvalue weighted by Crippen LogP contribution is 2.59. The van der Waals surface area contributed by atoms with Gasteiger partial charge in [0.2, 0.25) is 0 Å². The van der Waals surface area contributed by atoms with Gasteiger partial charge in [-0.15, -0.1) is 11.3 Å². The second-order valence-electron chi connectivity index (χ2n) is 11.4. The first-order valence-electron chi connectivity index (χ1n) is 14.0. The van der Waals surface area contributed by atoms with Crippen molar-refractivity contribution in [3.63, 3.8) is 0 Å². The van der Waals surface area contributed by atoms with Crippen LogP contribution in [0.1, 0.15) is 28.1 Å². The van der Waals surface area contributed by atoms with Crippen LogP contribution < -0.4 is 4.74 Å². The molecule has 4 aliphatic rings. The summed E-state index contributed by atoms with van der Waals surface area (Å²) in [5.41, 5.74) is -1.69. The van der Waals surface area contributed by atoms with E-state index in [0.29, 0.717) is 16.6 Å². The van der Waals surface area contributed by atoms with Crippen LogP contribution in [-0.4, -0.2) is 80.1 Å². The molecule has 0 amide bonds. The molecule has 48 heavy (non-hydrogen) atoms. The third-order valence-corrected chi connectivity index (χ3v) is 12.0. The van der Waals surface area contributed by atoms with Crippen LogP contribution in [-0.2, 0) is 58.6 Å². The Morgan fingerprint density at radius 1 is 1.15 bits per heavy atom. The molecule has 258 valence electrons. The smallest absolute Gasteiger partial charge is 0.422 e. The third kappa shape index (κ3) is 6.31. The zero-order valence-corrected chi connectivity index (χ0v) is 29.9. The lowest BCUT2D eigenvalue weighted by atomic mass is 9.78. The number of esters is 5. The highest BCUT2D eigenvalue weighted by Gasteiger charge is 2.70. The van der Waals surface area contributed by atoms with Gasteiger partial charge in [0.25, 0.3) is 0 Å². The molecular formula is C28H21F2I2O14S2-. The summed E-state index contributed by atoms with van der Waals surface area (Å²) in [5.74, 6) is -9.87. The van der Waals surface area contributed by atoms with Crippen molar-refractivity contribution in [1.82, 2.24) is 0 Å². The van der Waals surface area contributed by atoms with E-state index in [0.717, 1.165) is 10.9 Å². The van der Waals surface area contributed by atoms with Gasteiger partial charge in [-0.05, 0) is 75.2 Å². The van der Waals surface area contributed by atoms with E-state index in [1.165, 1.54) is 17.4 Å². The van der Waals surface area contributed by atoms with Gasteiger partial charge in [-0.3, -0.25) is 9.59 Å². The van der Waals surface area contributed by atoms with Gasteiger partial charge in [0.1, 0.15) is 17.8 Å². The summed E-state index contributed by atoms with van der Waals surface area (Å²) in [6, 6.07) is 6.06. The van der Waals surface area contributed by atoms with E-state index < -0.39 is 105 Å². The van der Waals surface area contributed by atoms with Crippen LogP contribution in [0.15, 0.2) is 29.6 Å². The number of ether oxygens (including phenoxy) is 6. The lowest BCUT2D eigenvalue weighted by Crippen LogP contribution is -2.46. The fraction of sp³-hybridized carbons (Fsp3) is 0.464. The SMILES string of the molecule is O=C(Oc1c(I)cc(I)cc1C(=O)OCC(F)(F)S(=O)(=O)[O-])C(=O)OC1C2CC3C1OC(=O)C3C2C(=O)OC1(c2cccs2)CCOC1. The van der Waals surface area contributed by atoms with Crippen molar-refractivity contribution in [2.75, 3.05) is 19.8 Å². The maximum atomic E-state index is 13.7. The van der Waals surface area contributed by atoms with Crippen molar-refractivity contribution in [3.8, 4) is 5.75 Å². The van der Waals surface area contributed by atoms with Gasteiger partial charge in [0.15, 0.2) is 28.1 Å². The zero-order chi connectivity index (χ0) is 34.8. The van der Waals surface area contributed by atoms with Crippen molar-refractivity contribution < 1.29 is 74.1 Å². The van der Waals surface area contributed by atoms with Gasteiger partial charge < -0.3 is 33.0 Å². The van der Waals surface area contributed by atoms with Crippen LogP contribution in [0.2, 0.25) is 0 Å². The van der Waals surface area contributed by atoms with Crippen LogP contribution >= 0.6 is 56.5 Å². The number of hydrogen-bond donors (Lipinski definition) is 0. The molecule has 0 spiro atoms. The molecule has 2 aliphatic heterocycles. The number of rotatable bonds is 9. The van der Waals surface area contributed by atoms with E-state index in [2.05, 4.69) is 4.74 Å². The highest BCUT2D eigenvalue weighted by molar-refractivity contribution is 14.1. The average Bonchev–Trinajstić information content (AvgIpc) is 3.83. The summed E-state index contributed by atoms with van der Waals surface area (Å²) in [6.07, 6.45) is -1.48. The first kappa shape index (κ1) is 35.3. The van der Waals surface area contributed by atoms with Crippen LogP contribution in [0.3, 0.4) is 0 Å². The second-order valence-corrected chi connectivity index (χ2v) is 16.3. The first-order valence-corrected chi connectivity index (χ1v) is 18.4. The molecule has 4 fully saturated rings. The molecular weight excluding hydrogens is 916 g/mol. The largest absolute Gasteiger partial charge is 0.743 e. The highest BCUT2D eigenvalue weighted by atomic mass is 127. The third-order valence-electron chi connectivity index (χ3n) is 8.64. The number of carbonyl (C=O) groups is 5. The molecule has 1 aromatic carbocycles. The number of benzene rings is 1. The second kappa shape index (κ2) is 13.0. The van der Waals surface area contributed by atoms with Gasteiger partial charge in [-0.1, -0.05) is 6.07 Å². The summed E-state index contributed by atoms with van der Waals surface area (Å²) in [7, 11) is -6.16. The molecule has 7 atom stereocenters. The van der Waals surface area contributed by atoms with Gasteiger partial charge in [0.05, 0.1) is 33.5 Å². The molecule has 14 nitrogen and oxygen atoms in total. The quantitative estimate of drug-likeness (QED) is 0.0889. The lowest BCUT2D eigenvalue weighted by Gasteiger charge is -2.33. The summed E-state index contributed by atoms with van der Waals surface area (Å²) in [4.78, 5) is 66.0. The molecule has 0 N–H and O–H groups in total. The molecule has 3 heterocycles. The number of alkyl halides is 2. The first-order chi connectivity index (χ1) is 22.5. The van der Waals surface area contributed by atoms with Gasteiger partial charge in [0, 0.05) is 21.8 Å². The number of hydrogen-bond acceptors (Lipinski definition) is 15. The number of fused-ring (bicyclic) bond motifs is 1. The molecule has 6 rings (SSSR count). The van der Waals surface area contributed by atoms with Crippen LogP contribution in [0.4, 0.5) is 8.78 Å². The fourth-order valence-electron chi connectivity index (χ4n) is 6.56. The Labute approximate surface area is 301 Å². The predicted molar refractivity (Wildman–Crippen MR) is 168 cm³/mol. The van der Waals surface area contributed by atoms with Crippen molar-refractivity contribution >= 4 is 96.5 Å². The minimum Gasteiger partial charge on any atom is -0.743 e. The summed E-state index contributed by atoms with van der Waals surface area (Å²) < 4.78 is 91.8. The molecule has 2 aliphatic carbocycles. The van der Waals surface area contributed by atoms with Crippen LogP contribution in [0.5, 0.6) is 5.75 Å². The van der Waals surface area contributed by atoms with Crippen molar-refractivity contribution in [2.45, 2.75) is 35.9 Å². The van der Waals surface area contributed by atoms with Gasteiger partial charge in [-0.25, -0.2) is 22.8 Å². The Hall–Kier alpha value is -2.54. The van der Waals surface area contributed by atoms with Gasteiger partial charge in [-0.2, -0.15) is 8.78 Å². The molecule has 0 radical (unpaired) electrons. The number of thiophene rings is 1. The van der Waals surface area contributed by atoms with Gasteiger partial charge >= 0.3 is 35.1 Å². The summed E-state index contributed by atoms with van der Waals surface area (Å²) in [5, 5.41) is -3.11.